The zero-order chi connectivity index (χ0) is 14.0. The Labute approximate surface area is 108 Å². The van der Waals surface area contributed by atoms with Crippen molar-refractivity contribution in [2.75, 3.05) is 6.54 Å². The number of rotatable bonds is 4. The number of aryl methyl sites for hydroxylation is 1. The van der Waals surface area contributed by atoms with E-state index in [0.717, 1.165) is 17.5 Å². The van der Waals surface area contributed by atoms with Gasteiger partial charge in [0.1, 0.15) is 0 Å². The van der Waals surface area contributed by atoms with Gasteiger partial charge in [-0.2, -0.15) is 13.2 Å². The maximum absolute atomic E-state index is 12.5. The number of benzene rings is 1. The van der Waals surface area contributed by atoms with Gasteiger partial charge in [0.2, 0.25) is 0 Å². The molecule has 19 heavy (non-hydrogen) atoms. The fourth-order valence-electron chi connectivity index (χ4n) is 2.37. The molecule has 1 aromatic carbocycles. The Bertz CT molecular complexity index is 473. The molecule has 0 heterocycles. The van der Waals surface area contributed by atoms with Crippen molar-refractivity contribution in [1.82, 2.24) is 5.32 Å². The minimum atomic E-state index is -4.73. The van der Waals surface area contributed by atoms with Gasteiger partial charge >= 0.3 is 12.1 Å². The van der Waals surface area contributed by atoms with E-state index < -0.39 is 24.6 Å². The van der Waals surface area contributed by atoms with Gasteiger partial charge in [-0.05, 0) is 24.0 Å². The van der Waals surface area contributed by atoms with Crippen molar-refractivity contribution in [3.63, 3.8) is 0 Å². The van der Waals surface area contributed by atoms with Gasteiger partial charge in [0.25, 0.3) is 0 Å². The van der Waals surface area contributed by atoms with Gasteiger partial charge in [-0.25, -0.2) is 0 Å². The van der Waals surface area contributed by atoms with E-state index in [1.54, 1.807) is 0 Å². The summed E-state index contributed by atoms with van der Waals surface area (Å²) in [5.41, 5.74) is 2.08. The number of halogens is 3. The highest BCUT2D eigenvalue weighted by molar-refractivity contribution is 5.71. The topological polar surface area (TPSA) is 49.3 Å². The molecule has 1 aromatic rings. The van der Waals surface area contributed by atoms with E-state index in [2.05, 4.69) is 5.32 Å². The van der Waals surface area contributed by atoms with Crippen molar-refractivity contribution < 1.29 is 23.1 Å². The van der Waals surface area contributed by atoms with Crippen LogP contribution >= 0.6 is 0 Å². The van der Waals surface area contributed by atoms with Crippen LogP contribution in [0, 0.1) is 5.92 Å². The van der Waals surface area contributed by atoms with Gasteiger partial charge in [0.15, 0.2) is 5.92 Å². The van der Waals surface area contributed by atoms with Crippen molar-refractivity contribution in [3.8, 4) is 0 Å². The largest absolute Gasteiger partial charge is 0.481 e. The molecule has 0 aromatic heterocycles. The van der Waals surface area contributed by atoms with Crippen LogP contribution in [0.5, 0.6) is 0 Å². The molecule has 0 aliphatic heterocycles. The van der Waals surface area contributed by atoms with Crippen LogP contribution in [0.4, 0.5) is 13.2 Å². The number of alkyl halides is 3. The second-order valence-corrected chi connectivity index (χ2v) is 4.63. The lowest BCUT2D eigenvalue weighted by Crippen LogP contribution is -2.40. The second-order valence-electron chi connectivity index (χ2n) is 4.63. The van der Waals surface area contributed by atoms with E-state index in [1.165, 1.54) is 0 Å². The number of carboxylic acid groups (broad SMARTS) is 1. The average molecular weight is 273 g/mol. The molecule has 104 valence electrons. The third-order valence-electron chi connectivity index (χ3n) is 3.39. The third kappa shape index (κ3) is 3.07. The zero-order valence-electron chi connectivity index (χ0n) is 10.1. The minimum Gasteiger partial charge on any atom is -0.481 e. The lowest BCUT2D eigenvalue weighted by molar-refractivity contribution is -0.192. The Balaban J connectivity index is 2.02. The summed E-state index contributed by atoms with van der Waals surface area (Å²) < 4.78 is 37.6. The van der Waals surface area contributed by atoms with Gasteiger partial charge in [0.05, 0.1) is 0 Å². The Kier molecular flexibility index (Phi) is 3.80. The number of hydrogen-bond acceptors (Lipinski definition) is 2. The summed E-state index contributed by atoms with van der Waals surface area (Å²) in [6, 6.07) is 7.33. The molecule has 2 unspecified atom stereocenters. The first-order valence-corrected chi connectivity index (χ1v) is 6.00. The van der Waals surface area contributed by atoms with E-state index in [0.29, 0.717) is 6.42 Å². The van der Waals surface area contributed by atoms with Crippen LogP contribution in [0.1, 0.15) is 23.6 Å². The molecule has 0 saturated heterocycles. The van der Waals surface area contributed by atoms with Gasteiger partial charge < -0.3 is 10.4 Å². The highest BCUT2D eigenvalue weighted by Crippen LogP contribution is 2.32. The van der Waals surface area contributed by atoms with Crippen LogP contribution in [0.2, 0.25) is 0 Å². The molecule has 0 fully saturated rings. The Morgan fingerprint density at radius 1 is 1.42 bits per heavy atom. The maximum atomic E-state index is 12.5. The minimum absolute atomic E-state index is 0.194. The Morgan fingerprint density at radius 3 is 2.74 bits per heavy atom. The normalized spacial score (nSPS) is 20.1. The monoisotopic (exact) mass is 273 g/mol. The quantitative estimate of drug-likeness (QED) is 0.886. The number of aliphatic carboxylic acids is 1. The van der Waals surface area contributed by atoms with Gasteiger partial charge in [-0.1, -0.05) is 24.3 Å². The zero-order valence-corrected chi connectivity index (χ0v) is 10.1. The number of nitrogens with one attached hydrogen (secondary N) is 1. The Hall–Kier alpha value is -1.56. The second kappa shape index (κ2) is 5.21. The van der Waals surface area contributed by atoms with Gasteiger partial charge in [0, 0.05) is 12.6 Å². The molecule has 0 bridgehead atoms. The predicted molar refractivity (Wildman–Crippen MR) is 62.7 cm³/mol. The molecule has 6 heteroatoms. The first-order valence-electron chi connectivity index (χ1n) is 6.00. The SMILES string of the molecule is O=C(O)C(CNC1CCc2ccccc21)C(F)(F)F. The van der Waals surface area contributed by atoms with E-state index in [1.807, 2.05) is 24.3 Å². The van der Waals surface area contributed by atoms with Gasteiger partial charge in [-0.3, -0.25) is 4.79 Å². The van der Waals surface area contributed by atoms with Crippen LogP contribution in [0.15, 0.2) is 24.3 Å². The molecular weight excluding hydrogens is 259 g/mol. The highest BCUT2D eigenvalue weighted by Gasteiger charge is 2.45. The van der Waals surface area contributed by atoms with Crippen LogP contribution in [0.25, 0.3) is 0 Å². The fraction of sp³-hybridized carbons (Fsp3) is 0.462. The fourth-order valence-corrected chi connectivity index (χ4v) is 2.37. The molecule has 2 N–H and O–H groups in total. The summed E-state index contributed by atoms with van der Waals surface area (Å²) in [5.74, 6) is -4.20. The molecule has 3 nitrogen and oxygen atoms in total. The first-order chi connectivity index (χ1) is 8.89. The number of carbonyl (C=O) groups is 1. The van der Waals surface area contributed by atoms with E-state index in [4.69, 9.17) is 5.11 Å². The summed E-state index contributed by atoms with van der Waals surface area (Å²) >= 11 is 0. The molecule has 2 rings (SSSR count). The van der Waals surface area contributed by atoms with E-state index >= 15 is 0 Å². The van der Waals surface area contributed by atoms with Crippen molar-refractivity contribution in [2.45, 2.75) is 25.1 Å². The van der Waals surface area contributed by atoms with E-state index in [9.17, 15) is 18.0 Å². The standard InChI is InChI=1S/C13H14F3NO2/c14-13(15,16)10(12(18)19)7-17-11-6-5-8-3-1-2-4-9(8)11/h1-4,10-11,17H,5-7H2,(H,18,19). The lowest BCUT2D eigenvalue weighted by atomic mass is 10.1. The third-order valence-corrected chi connectivity index (χ3v) is 3.39. The predicted octanol–water partition coefficient (Wildman–Crippen LogP) is 2.53. The molecule has 1 aliphatic rings. The summed E-state index contributed by atoms with van der Waals surface area (Å²) in [5, 5.41) is 11.3. The van der Waals surface area contributed by atoms with Gasteiger partial charge in [-0.15, -0.1) is 0 Å². The summed E-state index contributed by atoms with van der Waals surface area (Å²) in [7, 11) is 0. The molecular formula is C13H14F3NO2. The Morgan fingerprint density at radius 2 is 2.11 bits per heavy atom. The van der Waals surface area contributed by atoms with Crippen LogP contribution in [0.3, 0.4) is 0 Å². The first kappa shape index (κ1) is 13.9. The molecule has 0 radical (unpaired) electrons. The number of carboxylic acids is 1. The summed E-state index contributed by atoms with van der Waals surface area (Å²) in [4.78, 5) is 10.6. The summed E-state index contributed by atoms with van der Waals surface area (Å²) in [6.07, 6.45) is -3.22. The van der Waals surface area contributed by atoms with Crippen LogP contribution in [-0.4, -0.2) is 23.8 Å². The highest BCUT2D eigenvalue weighted by atomic mass is 19.4. The van der Waals surface area contributed by atoms with Crippen molar-refractivity contribution in [1.29, 1.82) is 0 Å². The number of hydrogen-bond donors (Lipinski definition) is 2. The smallest absolute Gasteiger partial charge is 0.403 e. The van der Waals surface area contributed by atoms with E-state index in [-0.39, 0.29) is 6.04 Å². The van der Waals surface area contributed by atoms with Crippen molar-refractivity contribution in [3.05, 3.63) is 35.4 Å². The molecule has 0 amide bonds. The summed E-state index contributed by atoms with van der Waals surface area (Å²) in [6.45, 7) is -0.599. The molecule has 1 aliphatic carbocycles. The van der Waals surface area contributed by atoms with Crippen molar-refractivity contribution in [2.24, 2.45) is 5.92 Å². The van der Waals surface area contributed by atoms with Crippen LogP contribution < -0.4 is 5.32 Å². The van der Waals surface area contributed by atoms with Crippen molar-refractivity contribution >= 4 is 5.97 Å². The maximum Gasteiger partial charge on any atom is 0.403 e. The lowest BCUT2D eigenvalue weighted by Gasteiger charge is -2.20. The molecule has 2 atom stereocenters. The molecule has 0 spiro atoms. The van der Waals surface area contributed by atoms with Crippen LogP contribution in [-0.2, 0) is 11.2 Å². The molecule has 0 saturated carbocycles. The average Bonchev–Trinajstić information content (AvgIpc) is 2.71. The number of fused-ring (bicyclic) bond motifs is 1.